The van der Waals surface area contributed by atoms with E-state index >= 15 is 0 Å². The second-order valence-corrected chi connectivity index (χ2v) is 6.13. The average molecular weight is 326 g/mol. The maximum absolute atomic E-state index is 12.8. The summed E-state index contributed by atoms with van der Waals surface area (Å²) in [6.45, 7) is 0.266. The van der Waals surface area contributed by atoms with E-state index in [1.807, 2.05) is 36.4 Å². The number of ether oxygens (including phenoxy) is 1. The van der Waals surface area contributed by atoms with Crippen LogP contribution in [0.5, 0.6) is 5.75 Å². The van der Waals surface area contributed by atoms with Crippen molar-refractivity contribution in [1.82, 2.24) is 10.3 Å². The molecule has 126 valence electrons. The number of hydrogen-bond acceptors (Lipinski definition) is 4. The topological polar surface area (TPSA) is 71.5 Å². The Bertz CT molecular complexity index is 709. The molecule has 1 saturated carbocycles. The molecule has 0 aliphatic heterocycles. The first kappa shape index (κ1) is 16.5. The lowest BCUT2D eigenvalue weighted by Gasteiger charge is -2.40. The van der Waals surface area contributed by atoms with Gasteiger partial charge in [-0.3, -0.25) is 9.78 Å². The Hall–Kier alpha value is -2.40. The lowest BCUT2D eigenvalue weighted by molar-refractivity contribution is -0.130. The fourth-order valence-electron chi connectivity index (χ4n) is 3.14. The molecular weight excluding hydrogens is 304 g/mol. The molecule has 1 aromatic heterocycles. The zero-order valence-electron chi connectivity index (χ0n) is 13.8. The normalized spacial score (nSPS) is 15.4. The van der Waals surface area contributed by atoms with Crippen LogP contribution in [-0.2, 0) is 23.4 Å². The van der Waals surface area contributed by atoms with Crippen molar-refractivity contribution in [1.29, 1.82) is 0 Å². The van der Waals surface area contributed by atoms with Crippen LogP contribution in [0.1, 0.15) is 36.2 Å². The summed E-state index contributed by atoms with van der Waals surface area (Å²) in [4.78, 5) is 17.1. The molecule has 0 radical (unpaired) electrons. The SMILES string of the molecule is COc1ccc(C2(C(=O)NCc3cccc(CO)n3)CCC2)cc1. The average Bonchev–Trinajstić information content (AvgIpc) is 2.60. The molecule has 3 rings (SSSR count). The van der Waals surface area contributed by atoms with Crippen molar-refractivity contribution in [2.24, 2.45) is 0 Å². The quantitative estimate of drug-likeness (QED) is 0.854. The highest BCUT2D eigenvalue weighted by Gasteiger charge is 2.45. The van der Waals surface area contributed by atoms with Crippen molar-refractivity contribution in [2.75, 3.05) is 7.11 Å². The van der Waals surface area contributed by atoms with Gasteiger partial charge in [-0.2, -0.15) is 0 Å². The second kappa shape index (κ2) is 7.01. The minimum Gasteiger partial charge on any atom is -0.497 e. The molecule has 1 aliphatic rings. The Labute approximate surface area is 141 Å². The van der Waals surface area contributed by atoms with E-state index in [9.17, 15) is 4.79 Å². The van der Waals surface area contributed by atoms with Gasteiger partial charge in [0.15, 0.2) is 0 Å². The Balaban J connectivity index is 1.71. The van der Waals surface area contributed by atoms with Crippen molar-refractivity contribution in [2.45, 2.75) is 37.8 Å². The first-order chi connectivity index (χ1) is 11.7. The van der Waals surface area contributed by atoms with Gasteiger partial charge in [0.05, 0.1) is 37.1 Å². The predicted octanol–water partition coefficient (Wildman–Crippen LogP) is 2.32. The van der Waals surface area contributed by atoms with Gasteiger partial charge >= 0.3 is 0 Å². The third-order valence-corrected chi connectivity index (χ3v) is 4.74. The number of aliphatic hydroxyl groups is 1. The minimum absolute atomic E-state index is 0.0371. The monoisotopic (exact) mass is 326 g/mol. The molecule has 0 unspecified atom stereocenters. The number of amides is 1. The van der Waals surface area contributed by atoms with Crippen LogP contribution in [0.3, 0.4) is 0 Å². The van der Waals surface area contributed by atoms with Crippen LogP contribution in [-0.4, -0.2) is 23.1 Å². The lowest BCUT2D eigenvalue weighted by atomic mass is 9.64. The van der Waals surface area contributed by atoms with E-state index < -0.39 is 5.41 Å². The number of carbonyl (C=O) groups excluding carboxylic acids is 1. The van der Waals surface area contributed by atoms with Gasteiger partial charge in [0, 0.05) is 0 Å². The molecular formula is C19H22N2O3. The van der Waals surface area contributed by atoms with Crippen molar-refractivity contribution >= 4 is 5.91 Å². The number of nitrogens with zero attached hydrogens (tertiary/aromatic N) is 1. The summed E-state index contributed by atoms with van der Waals surface area (Å²) in [7, 11) is 1.63. The number of nitrogens with one attached hydrogen (secondary N) is 1. The predicted molar refractivity (Wildman–Crippen MR) is 90.5 cm³/mol. The number of aromatic nitrogens is 1. The largest absolute Gasteiger partial charge is 0.497 e. The maximum atomic E-state index is 12.8. The zero-order chi connectivity index (χ0) is 17.0. The molecule has 0 bridgehead atoms. The number of hydrogen-bond donors (Lipinski definition) is 2. The highest BCUT2D eigenvalue weighted by molar-refractivity contribution is 5.89. The summed E-state index contributed by atoms with van der Waals surface area (Å²) < 4.78 is 5.19. The number of carbonyl (C=O) groups is 1. The molecule has 0 saturated heterocycles. The molecule has 1 aliphatic carbocycles. The molecule has 5 nitrogen and oxygen atoms in total. The summed E-state index contributed by atoms with van der Waals surface area (Å²) in [6.07, 6.45) is 2.77. The van der Waals surface area contributed by atoms with E-state index in [1.54, 1.807) is 13.2 Å². The van der Waals surface area contributed by atoms with Crippen molar-refractivity contribution in [3.8, 4) is 5.75 Å². The first-order valence-corrected chi connectivity index (χ1v) is 8.16. The summed E-state index contributed by atoms with van der Waals surface area (Å²) >= 11 is 0. The molecule has 1 amide bonds. The van der Waals surface area contributed by atoms with Gasteiger partial charge in [0.25, 0.3) is 0 Å². The van der Waals surface area contributed by atoms with E-state index in [-0.39, 0.29) is 12.5 Å². The molecule has 0 atom stereocenters. The Morgan fingerprint density at radius 3 is 2.50 bits per heavy atom. The van der Waals surface area contributed by atoms with Crippen LogP contribution >= 0.6 is 0 Å². The zero-order valence-corrected chi connectivity index (χ0v) is 13.8. The third kappa shape index (κ3) is 3.12. The van der Waals surface area contributed by atoms with Crippen LogP contribution in [0.25, 0.3) is 0 Å². The van der Waals surface area contributed by atoms with Gasteiger partial charge < -0.3 is 15.2 Å². The number of benzene rings is 1. The van der Waals surface area contributed by atoms with E-state index in [1.165, 1.54) is 0 Å². The first-order valence-electron chi connectivity index (χ1n) is 8.16. The Morgan fingerprint density at radius 2 is 1.92 bits per heavy atom. The Kier molecular flexibility index (Phi) is 4.81. The molecule has 0 spiro atoms. The summed E-state index contributed by atoms with van der Waals surface area (Å²) in [5, 5.41) is 12.2. The summed E-state index contributed by atoms with van der Waals surface area (Å²) in [6, 6.07) is 13.2. The van der Waals surface area contributed by atoms with E-state index in [0.717, 1.165) is 36.3 Å². The lowest BCUT2D eigenvalue weighted by Crippen LogP contribution is -2.49. The van der Waals surface area contributed by atoms with Crippen LogP contribution in [0, 0.1) is 0 Å². The number of methoxy groups -OCH3 is 1. The molecule has 2 N–H and O–H groups in total. The molecule has 5 heteroatoms. The van der Waals surface area contributed by atoms with Gasteiger partial charge in [0.2, 0.25) is 5.91 Å². The van der Waals surface area contributed by atoms with Crippen molar-refractivity contribution in [3.05, 3.63) is 59.4 Å². The number of pyridine rings is 1. The van der Waals surface area contributed by atoms with E-state index in [2.05, 4.69) is 10.3 Å². The molecule has 2 aromatic rings. The number of aliphatic hydroxyl groups excluding tert-OH is 1. The highest BCUT2D eigenvalue weighted by Crippen LogP contribution is 2.44. The van der Waals surface area contributed by atoms with Gasteiger partial charge in [-0.1, -0.05) is 24.6 Å². The molecule has 1 heterocycles. The van der Waals surface area contributed by atoms with Crippen molar-refractivity contribution in [3.63, 3.8) is 0 Å². The highest BCUT2D eigenvalue weighted by atomic mass is 16.5. The maximum Gasteiger partial charge on any atom is 0.230 e. The Morgan fingerprint density at radius 1 is 1.21 bits per heavy atom. The van der Waals surface area contributed by atoms with Crippen molar-refractivity contribution < 1.29 is 14.6 Å². The van der Waals surface area contributed by atoms with E-state index in [0.29, 0.717) is 12.2 Å². The van der Waals surface area contributed by atoms with Gasteiger partial charge in [-0.25, -0.2) is 0 Å². The summed E-state index contributed by atoms with van der Waals surface area (Å²) in [5.41, 5.74) is 1.94. The van der Waals surface area contributed by atoms with Gasteiger partial charge in [-0.05, 0) is 42.7 Å². The number of rotatable bonds is 6. The minimum atomic E-state index is -0.444. The second-order valence-electron chi connectivity index (χ2n) is 6.13. The van der Waals surface area contributed by atoms with Crippen LogP contribution in [0.15, 0.2) is 42.5 Å². The van der Waals surface area contributed by atoms with E-state index in [4.69, 9.17) is 9.84 Å². The fraction of sp³-hybridized carbons (Fsp3) is 0.368. The molecule has 24 heavy (non-hydrogen) atoms. The van der Waals surface area contributed by atoms with Crippen LogP contribution in [0.4, 0.5) is 0 Å². The summed E-state index contributed by atoms with van der Waals surface area (Å²) in [5.74, 6) is 0.828. The smallest absolute Gasteiger partial charge is 0.230 e. The van der Waals surface area contributed by atoms with Crippen LogP contribution < -0.4 is 10.1 Å². The van der Waals surface area contributed by atoms with Gasteiger partial charge in [0.1, 0.15) is 5.75 Å². The molecule has 1 aromatic carbocycles. The van der Waals surface area contributed by atoms with Gasteiger partial charge in [-0.15, -0.1) is 0 Å². The standard InChI is InChI=1S/C19H22N2O3/c1-24-17-8-6-14(7-9-17)19(10-3-11-19)18(23)20-12-15-4-2-5-16(13-22)21-15/h2,4-9,22H,3,10-13H2,1H3,(H,20,23). The fourth-order valence-corrected chi connectivity index (χ4v) is 3.14. The van der Waals surface area contributed by atoms with Crippen LogP contribution in [0.2, 0.25) is 0 Å². The third-order valence-electron chi connectivity index (χ3n) is 4.74. The molecule has 1 fully saturated rings.